The van der Waals surface area contributed by atoms with E-state index in [0.717, 1.165) is 6.92 Å². The summed E-state index contributed by atoms with van der Waals surface area (Å²) in [5.74, 6) is -3.82. The molecule has 0 aliphatic carbocycles. The first-order chi connectivity index (χ1) is 5.36. The average Bonchev–Trinajstić information content (AvgIpc) is 1.82. The second kappa shape index (κ2) is 22.5. The molecule has 0 aromatic heterocycles. The van der Waals surface area contributed by atoms with Crippen molar-refractivity contribution >= 4 is 17.9 Å². The first-order valence-corrected chi connectivity index (χ1v) is 2.93. The van der Waals surface area contributed by atoms with Crippen molar-refractivity contribution in [3.05, 3.63) is 0 Å². The number of aliphatic carboxylic acids is 3. The topological polar surface area (TPSA) is 120 Å². The summed E-state index contributed by atoms with van der Waals surface area (Å²) in [6.07, 6.45) is -0.940. The third-order valence-electron chi connectivity index (χ3n) is 0.533. The molecule has 0 aromatic rings. The van der Waals surface area contributed by atoms with E-state index >= 15 is 0 Å². The zero-order valence-electron chi connectivity index (χ0n) is 9.36. The van der Waals surface area contributed by atoms with E-state index in [1.54, 1.807) is 0 Å². The number of carboxylic acids is 3. The zero-order chi connectivity index (χ0) is 10.1. The SMILES string of the molecule is CC(=O)[O-].O=C([O-])CCC(=O)[O-].[K+].[K+].[K+]. The van der Waals surface area contributed by atoms with Crippen LogP contribution in [0.4, 0.5) is 0 Å². The summed E-state index contributed by atoms with van der Waals surface area (Å²) >= 11 is 0. The van der Waals surface area contributed by atoms with Gasteiger partial charge in [0.1, 0.15) is 0 Å². The predicted octanol–water partition coefficient (Wildman–Crippen LogP) is -13.0. The van der Waals surface area contributed by atoms with Gasteiger partial charge in [0, 0.05) is 17.9 Å². The molecule has 15 heavy (non-hydrogen) atoms. The van der Waals surface area contributed by atoms with Crippen molar-refractivity contribution in [1.82, 2.24) is 0 Å². The van der Waals surface area contributed by atoms with Gasteiger partial charge in [-0.25, -0.2) is 0 Å². The molecule has 0 aliphatic heterocycles. The van der Waals surface area contributed by atoms with E-state index in [0.29, 0.717) is 0 Å². The molecule has 70 valence electrons. The van der Waals surface area contributed by atoms with Gasteiger partial charge in [0.25, 0.3) is 0 Å². The van der Waals surface area contributed by atoms with E-state index < -0.39 is 30.7 Å². The van der Waals surface area contributed by atoms with Crippen LogP contribution in [0.15, 0.2) is 0 Å². The largest absolute Gasteiger partial charge is 1.00 e. The van der Waals surface area contributed by atoms with E-state index in [2.05, 4.69) is 0 Å². The molecule has 0 N–H and O–H groups in total. The molecule has 0 saturated carbocycles. The Labute approximate surface area is 215 Å². The molecule has 0 atom stereocenters. The van der Waals surface area contributed by atoms with Crippen molar-refractivity contribution in [3.63, 3.8) is 0 Å². The molecule has 0 saturated heterocycles. The maximum absolute atomic E-state index is 9.50. The number of carbonyl (C=O) groups is 3. The van der Waals surface area contributed by atoms with Crippen LogP contribution in [0.2, 0.25) is 0 Å². The maximum Gasteiger partial charge on any atom is 1.00 e. The molecule has 0 radical (unpaired) electrons. The molecule has 6 nitrogen and oxygen atoms in total. The first-order valence-electron chi connectivity index (χ1n) is 2.93. The fourth-order valence-electron chi connectivity index (χ4n) is 0.204. The van der Waals surface area contributed by atoms with Crippen LogP contribution < -0.4 is 169 Å². The number of hydrogen-bond acceptors (Lipinski definition) is 6. The second-order valence-electron chi connectivity index (χ2n) is 1.74. The summed E-state index contributed by atoms with van der Waals surface area (Å²) in [6.45, 7) is 0.972. The van der Waals surface area contributed by atoms with Crippen LogP contribution in [0, 0.1) is 0 Å². The molecule has 0 unspecified atom stereocenters. The van der Waals surface area contributed by atoms with Gasteiger partial charge in [0.15, 0.2) is 0 Å². The van der Waals surface area contributed by atoms with Gasteiger partial charge in [-0.2, -0.15) is 0 Å². The molecule has 0 rings (SSSR count). The summed E-state index contributed by atoms with van der Waals surface area (Å²) in [5, 5.41) is 27.9. The molecule has 0 heterocycles. The Morgan fingerprint density at radius 2 is 0.933 bits per heavy atom. The Morgan fingerprint density at radius 1 is 0.800 bits per heavy atom. The van der Waals surface area contributed by atoms with Crippen LogP contribution in [0.3, 0.4) is 0 Å². The van der Waals surface area contributed by atoms with Crippen molar-refractivity contribution in [3.8, 4) is 0 Å². The van der Waals surface area contributed by atoms with Gasteiger partial charge in [-0.15, -0.1) is 0 Å². The summed E-state index contributed by atoms with van der Waals surface area (Å²) < 4.78 is 0. The van der Waals surface area contributed by atoms with Gasteiger partial charge >= 0.3 is 154 Å². The second-order valence-corrected chi connectivity index (χ2v) is 1.74. The third kappa shape index (κ3) is 58.7. The van der Waals surface area contributed by atoms with Crippen molar-refractivity contribution < 1.29 is 184 Å². The molecule has 0 amide bonds. The molecular formula is C6H7K3O6. The Morgan fingerprint density at radius 3 is 1.00 bits per heavy atom. The smallest absolute Gasteiger partial charge is 0.550 e. The Bertz CT molecular complexity index is 166. The summed E-state index contributed by atoms with van der Waals surface area (Å²) in [7, 11) is 0. The van der Waals surface area contributed by atoms with Crippen molar-refractivity contribution in [2.45, 2.75) is 19.8 Å². The quantitative estimate of drug-likeness (QED) is 0.476. The number of carboxylic acid groups (broad SMARTS) is 3. The summed E-state index contributed by atoms with van der Waals surface area (Å²) in [6, 6.07) is 0. The standard InChI is InChI=1S/C4H6O4.C2H4O2.3K/c5-3(6)1-2-4(7)8;1-2(3)4;;;/h1-2H2,(H,5,6)(H,7,8);1H3,(H,3,4);;;/q;;3*+1/p-3. The van der Waals surface area contributed by atoms with Gasteiger partial charge in [-0.3, -0.25) is 0 Å². The van der Waals surface area contributed by atoms with Gasteiger partial charge in [0.05, 0.1) is 0 Å². The number of rotatable bonds is 3. The molecular weight excluding hydrogens is 285 g/mol. The van der Waals surface area contributed by atoms with E-state index in [-0.39, 0.29) is 154 Å². The van der Waals surface area contributed by atoms with Gasteiger partial charge in [0.2, 0.25) is 0 Å². The molecule has 0 spiro atoms. The van der Waals surface area contributed by atoms with Crippen LogP contribution in [-0.2, 0) is 14.4 Å². The van der Waals surface area contributed by atoms with Crippen molar-refractivity contribution in [2.75, 3.05) is 0 Å². The van der Waals surface area contributed by atoms with E-state index in [9.17, 15) is 19.8 Å². The van der Waals surface area contributed by atoms with Crippen LogP contribution in [0.25, 0.3) is 0 Å². The minimum atomic E-state index is -1.37. The Balaban J connectivity index is -0.0000000424. The average molecular weight is 292 g/mol. The van der Waals surface area contributed by atoms with Crippen molar-refractivity contribution in [1.29, 1.82) is 0 Å². The molecule has 9 heteroatoms. The third-order valence-corrected chi connectivity index (χ3v) is 0.533. The van der Waals surface area contributed by atoms with Gasteiger partial charge < -0.3 is 29.7 Å². The molecule has 0 aromatic carbocycles. The van der Waals surface area contributed by atoms with Crippen LogP contribution in [0.5, 0.6) is 0 Å². The van der Waals surface area contributed by atoms with E-state index in [1.807, 2.05) is 0 Å². The van der Waals surface area contributed by atoms with Crippen LogP contribution in [-0.4, -0.2) is 17.9 Å². The molecule has 0 fully saturated rings. The van der Waals surface area contributed by atoms with E-state index in [4.69, 9.17) is 9.90 Å². The van der Waals surface area contributed by atoms with Crippen LogP contribution in [0.1, 0.15) is 19.8 Å². The molecule has 0 bridgehead atoms. The fraction of sp³-hybridized carbons (Fsp3) is 0.500. The summed E-state index contributed by atoms with van der Waals surface area (Å²) in [4.78, 5) is 27.9. The number of carbonyl (C=O) groups excluding carboxylic acids is 3. The minimum Gasteiger partial charge on any atom is -0.550 e. The first kappa shape index (κ1) is 31.0. The fourth-order valence-corrected chi connectivity index (χ4v) is 0.204. The summed E-state index contributed by atoms with van der Waals surface area (Å²) in [5.41, 5.74) is 0. The number of hydrogen-bond donors (Lipinski definition) is 0. The minimum absolute atomic E-state index is 0. The van der Waals surface area contributed by atoms with E-state index in [1.165, 1.54) is 0 Å². The van der Waals surface area contributed by atoms with Gasteiger partial charge in [-0.1, -0.05) is 0 Å². The van der Waals surface area contributed by atoms with Crippen LogP contribution >= 0.6 is 0 Å². The maximum atomic E-state index is 9.50. The Hall–Kier alpha value is 3.32. The van der Waals surface area contributed by atoms with Gasteiger partial charge in [-0.05, 0) is 19.8 Å². The zero-order valence-corrected chi connectivity index (χ0v) is 18.7. The monoisotopic (exact) mass is 292 g/mol. The predicted molar refractivity (Wildman–Crippen MR) is 29.9 cm³/mol. The van der Waals surface area contributed by atoms with Crippen molar-refractivity contribution in [2.24, 2.45) is 0 Å². The normalized spacial score (nSPS) is 6.20. The Kier molecular flexibility index (Phi) is 46.5. The molecule has 0 aliphatic rings.